The molecule has 0 saturated heterocycles. The lowest BCUT2D eigenvalue weighted by atomic mass is 9.99. The van der Waals surface area contributed by atoms with Crippen LogP contribution >= 0.6 is 0 Å². The molecule has 0 aliphatic heterocycles. The molecule has 0 saturated carbocycles. The van der Waals surface area contributed by atoms with Gasteiger partial charge in [0.25, 0.3) is 0 Å². The summed E-state index contributed by atoms with van der Waals surface area (Å²) < 4.78 is 13.3. The summed E-state index contributed by atoms with van der Waals surface area (Å²) in [5, 5.41) is 9.55. The van der Waals surface area contributed by atoms with E-state index in [1.165, 1.54) is 12.1 Å². The lowest BCUT2D eigenvalue weighted by Gasteiger charge is -2.10. The van der Waals surface area contributed by atoms with E-state index < -0.39 is 0 Å². The van der Waals surface area contributed by atoms with Crippen LogP contribution < -0.4 is 0 Å². The fourth-order valence-corrected chi connectivity index (χ4v) is 1.35. The molecule has 0 spiro atoms. The zero-order valence-corrected chi connectivity index (χ0v) is 8.26. The van der Waals surface area contributed by atoms with Crippen molar-refractivity contribution in [3.8, 4) is 5.75 Å². The van der Waals surface area contributed by atoms with Crippen LogP contribution in [0.15, 0.2) is 12.1 Å². The SMILES string of the molecule is CCc1cc(O)c(C(C)C)cc1F. The smallest absolute Gasteiger partial charge is 0.126 e. The minimum Gasteiger partial charge on any atom is -0.508 e. The lowest BCUT2D eigenvalue weighted by Crippen LogP contribution is -1.94. The van der Waals surface area contributed by atoms with Crippen molar-refractivity contribution >= 4 is 0 Å². The Bertz CT molecular complexity index is 305. The summed E-state index contributed by atoms with van der Waals surface area (Å²) >= 11 is 0. The van der Waals surface area contributed by atoms with Crippen LogP contribution in [-0.2, 0) is 6.42 Å². The van der Waals surface area contributed by atoms with E-state index >= 15 is 0 Å². The average Bonchev–Trinajstić information content (AvgIpc) is 2.07. The van der Waals surface area contributed by atoms with Crippen molar-refractivity contribution in [1.82, 2.24) is 0 Å². The first-order valence-electron chi connectivity index (χ1n) is 4.57. The molecule has 0 heterocycles. The summed E-state index contributed by atoms with van der Waals surface area (Å²) in [6.45, 7) is 5.73. The Labute approximate surface area is 78.2 Å². The number of halogens is 1. The van der Waals surface area contributed by atoms with Crippen LogP contribution in [0, 0.1) is 5.82 Å². The Morgan fingerprint density at radius 3 is 2.46 bits per heavy atom. The van der Waals surface area contributed by atoms with E-state index in [0.29, 0.717) is 17.5 Å². The first-order valence-corrected chi connectivity index (χ1v) is 4.57. The van der Waals surface area contributed by atoms with Gasteiger partial charge in [-0.3, -0.25) is 0 Å². The fraction of sp³-hybridized carbons (Fsp3) is 0.455. The van der Waals surface area contributed by atoms with Crippen LogP contribution in [0.4, 0.5) is 4.39 Å². The van der Waals surface area contributed by atoms with Gasteiger partial charge < -0.3 is 5.11 Å². The van der Waals surface area contributed by atoms with Crippen LogP contribution in [0.25, 0.3) is 0 Å². The topological polar surface area (TPSA) is 20.2 Å². The van der Waals surface area contributed by atoms with Crippen molar-refractivity contribution in [3.63, 3.8) is 0 Å². The Balaban J connectivity index is 3.20. The standard InChI is InChI=1S/C11H15FO/c1-4-8-5-11(13)9(7(2)3)6-10(8)12/h5-7,13H,4H2,1-3H3. The Hall–Kier alpha value is -1.05. The van der Waals surface area contributed by atoms with Crippen molar-refractivity contribution < 1.29 is 9.50 Å². The summed E-state index contributed by atoms with van der Waals surface area (Å²) in [6.07, 6.45) is 0.609. The number of hydrogen-bond acceptors (Lipinski definition) is 1. The number of phenols is 1. The van der Waals surface area contributed by atoms with Gasteiger partial charge in [0, 0.05) is 0 Å². The van der Waals surface area contributed by atoms with Gasteiger partial charge >= 0.3 is 0 Å². The number of aryl methyl sites for hydroxylation is 1. The molecule has 13 heavy (non-hydrogen) atoms. The Morgan fingerprint density at radius 2 is 2.00 bits per heavy atom. The molecule has 0 amide bonds. The van der Waals surface area contributed by atoms with Gasteiger partial charge in [-0.05, 0) is 35.6 Å². The van der Waals surface area contributed by atoms with E-state index in [1.54, 1.807) is 0 Å². The molecule has 0 bridgehead atoms. The summed E-state index contributed by atoms with van der Waals surface area (Å²) in [7, 11) is 0. The Kier molecular flexibility index (Phi) is 2.91. The monoisotopic (exact) mass is 182 g/mol. The van der Waals surface area contributed by atoms with E-state index in [2.05, 4.69) is 0 Å². The normalized spacial score (nSPS) is 10.8. The number of rotatable bonds is 2. The maximum atomic E-state index is 13.3. The molecule has 0 aromatic heterocycles. The molecule has 0 atom stereocenters. The summed E-state index contributed by atoms with van der Waals surface area (Å²) in [6, 6.07) is 2.95. The average molecular weight is 182 g/mol. The highest BCUT2D eigenvalue weighted by molar-refractivity contribution is 5.39. The van der Waals surface area contributed by atoms with E-state index in [1.807, 2.05) is 20.8 Å². The summed E-state index contributed by atoms with van der Waals surface area (Å²) in [5.74, 6) is 0.137. The van der Waals surface area contributed by atoms with Gasteiger partial charge in [-0.1, -0.05) is 20.8 Å². The lowest BCUT2D eigenvalue weighted by molar-refractivity contribution is 0.460. The molecule has 0 aliphatic carbocycles. The van der Waals surface area contributed by atoms with Crippen LogP contribution in [-0.4, -0.2) is 5.11 Å². The third kappa shape index (κ3) is 2.00. The molecular formula is C11H15FO. The Morgan fingerprint density at radius 1 is 1.38 bits per heavy atom. The summed E-state index contributed by atoms with van der Waals surface area (Å²) in [5.41, 5.74) is 1.25. The van der Waals surface area contributed by atoms with Gasteiger partial charge in [0.05, 0.1) is 0 Å². The van der Waals surface area contributed by atoms with E-state index in [-0.39, 0.29) is 17.5 Å². The maximum Gasteiger partial charge on any atom is 0.126 e. The van der Waals surface area contributed by atoms with E-state index in [4.69, 9.17) is 0 Å². The minimum absolute atomic E-state index is 0.153. The van der Waals surface area contributed by atoms with Gasteiger partial charge in [-0.15, -0.1) is 0 Å². The van der Waals surface area contributed by atoms with Gasteiger partial charge in [0.15, 0.2) is 0 Å². The molecule has 2 heteroatoms. The van der Waals surface area contributed by atoms with Crippen molar-refractivity contribution in [2.45, 2.75) is 33.1 Å². The second-order valence-electron chi connectivity index (χ2n) is 3.51. The second kappa shape index (κ2) is 3.77. The second-order valence-corrected chi connectivity index (χ2v) is 3.51. The molecule has 0 radical (unpaired) electrons. The fourth-order valence-electron chi connectivity index (χ4n) is 1.35. The number of benzene rings is 1. The van der Waals surface area contributed by atoms with Gasteiger partial charge in [0.2, 0.25) is 0 Å². The van der Waals surface area contributed by atoms with Gasteiger partial charge in [-0.2, -0.15) is 0 Å². The molecule has 1 aromatic carbocycles. The quantitative estimate of drug-likeness (QED) is 0.744. The first-order chi connectivity index (χ1) is 6.06. The van der Waals surface area contributed by atoms with E-state index in [0.717, 1.165) is 0 Å². The predicted molar refractivity (Wildman–Crippen MR) is 51.5 cm³/mol. The van der Waals surface area contributed by atoms with E-state index in [9.17, 15) is 9.50 Å². The molecule has 1 rings (SSSR count). The number of aromatic hydroxyl groups is 1. The largest absolute Gasteiger partial charge is 0.508 e. The summed E-state index contributed by atoms with van der Waals surface area (Å²) in [4.78, 5) is 0. The van der Waals surface area contributed by atoms with Crippen LogP contribution in [0.3, 0.4) is 0 Å². The van der Waals surface area contributed by atoms with Crippen molar-refractivity contribution in [2.24, 2.45) is 0 Å². The third-order valence-corrected chi connectivity index (χ3v) is 2.20. The zero-order valence-electron chi connectivity index (χ0n) is 8.26. The molecule has 0 fully saturated rings. The highest BCUT2D eigenvalue weighted by Crippen LogP contribution is 2.28. The van der Waals surface area contributed by atoms with Gasteiger partial charge in [0.1, 0.15) is 11.6 Å². The zero-order chi connectivity index (χ0) is 10.0. The molecule has 0 aliphatic rings. The highest BCUT2D eigenvalue weighted by Gasteiger charge is 2.10. The molecule has 1 aromatic rings. The maximum absolute atomic E-state index is 13.3. The van der Waals surface area contributed by atoms with Gasteiger partial charge in [-0.25, -0.2) is 4.39 Å². The van der Waals surface area contributed by atoms with Crippen molar-refractivity contribution in [1.29, 1.82) is 0 Å². The third-order valence-electron chi connectivity index (χ3n) is 2.20. The predicted octanol–water partition coefficient (Wildman–Crippen LogP) is 3.22. The highest BCUT2D eigenvalue weighted by atomic mass is 19.1. The molecule has 0 unspecified atom stereocenters. The van der Waals surface area contributed by atoms with Crippen LogP contribution in [0.1, 0.15) is 37.8 Å². The number of phenolic OH excluding ortho intramolecular Hbond substituents is 1. The van der Waals surface area contributed by atoms with Crippen molar-refractivity contribution in [2.75, 3.05) is 0 Å². The molecule has 1 N–H and O–H groups in total. The van der Waals surface area contributed by atoms with Crippen LogP contribution in [0.2, 0.25) is 0 Å². The number of hydrogen-bond donors (Lipinski definition) is 1. The molecule has 1 nitrogen and oxygen atoms in total. The first kappa shape index (κ1) is 10.0. The van der Waals surface area contributed by atoms with Crippen molar-refractivity contribution in [3.05, 3.63) is 29.1 Å². The minimum atomic E-state index is -0.219. The molecule has 72 valence electrons. The van der Waals surface area contributed by atoms with Crippen LogP contribution in [0.5, 0.6) is 5.75 Å². The molecular weight excluding hydrogens is 167 g/mol.